The van der Waals surface area contributed by atoms with Crippen molar-refractivity contribution < 1.29 is 0 Å². The van der Waals surface area contributed by atoms with E-state index in [0.29, 0.717) is 0 Å². The van der Waals surface area contributed by atoms with Crippen molar-refractivity contribution in [2.75, 3.05) is 11.9 Å². The van der Waals surface area contributed by atoms with Gasteiger partial charge in [0.15, 0.2) is 0 Å². The lowest BCUT2D eigenvalue weighted by atomic mass is 10.1. The van der Waals surface area contributed by atoms with Crippen LogP contribution in [0.15, 0.2) is 30.6 Å². The summed E-state index contributed by atoms with van der Waals surface area (Å²) in [6.07, 6.45) is 5.02. The van der Waals surface area contributed by atoms with Crippen LogP contribution in [0.25, 0.3) is 11.4 Å². The lowest BCUT2D eigenvalue weighted by Crippen LogP contribution is -1.96. The molecule has 0 amide bonds. The molecule has 0 saturated carbocycles. The Morgan fingerprint density at radius 3 is 3.25 bits per heavy atom. The SMILES string of the molecule is CCn1ccnc1-c1ccc2c(c1)CCN2. The molecular formula is C13H15N3. The van der Waals surface area contributed by atoms with Gasteiger partial charge in [0.2, 0.25) is 0 Å². The predicted molar refractivity (Wildman–Crippen MR) is 65.5 cm³/mol. The highest BCUT2D eigenvalue weighted by atomic mass is 15.1. The maximum atomic E-state index is 4.43. The molecule has 82 valence electrons. The summed E-state index contributed by atoms with van der Waals surface area (Å²) < 4.78 is 2.17. The van der Waals surface area contributed by atoms with Crippen LogP contribution in [0.2, 0.25) is 0 Å². The summed E-state index contributed by atoms with van der Waals surface area (Å²) >= 11 is 0. The van der Waals surface area contributed by atoms with Gasteiger partial charge in [0.1, 0.15) is 5.82 Å². The summed E-state index contributed by atoms with van der Waals surface area (Å²) in [5.41, 5.74) is 3.90. The topological polar surface area (TPSA) is 29.9 Å². The van der Waals surface area contributed by atoms with Crippen molar-refractivity contribution in [3.63, 3.8) is 0 Å². The summed E-state index contributed by atoms with van der Waals surface area (Å²) in [7, 11) is 0. The van der Waals surface area contributed by atoms with Gasteiger partial charge in [-0.05, 0) is 37.1 Å². The number of nitrogens with one attached hydrogen (secondary N) is 1. The minimum Gasteiger partial charge on any atom is -0.384 e. The highest BCUT2D eigenvalue weighted by molar-refractivity contribution is 5.66. The molecule has 0 bridgehead atoms. The zero-order valence-electron chi connectivity index (χ0n) is 9.40. The lowest BCUT2D eigenvalue weighted by molar-refractivity contribution is 0.771. The summed E-state index contributed by atoms with van der Waals surface area (Å²) in [5, 5.41) is 3.37. The number of benzene rings is 1. The van der Waals surface area contributed by atoms with Crippen LogP contribution in [-0.2, 0) is 13.0 Å². The highest BCUT2D eigenvalue weighted by Gasteiger charge is 2.12. The third-order valence-corrected chi connectivity index (χ3v) is 3.13. The first kappa shape index (κ1) is 9.46. The van der Waals surface area contributed by atoms with E-state index in [9.17, 15) is 0 Å². The predicted octanol–water partition coefficient (Wildman–Crippen LogP) is 2.54. The van der Waals surface area contributed by atoms with Crippen LogP contribution >= 0.6 is 0 Å². The number of rotatable bonds is 2. The van der Waals surface area contributed by atoms with Gasteiger partial charge in [-0.15, -0.1) is 0 Å². The van der Waals surface area contributed by atoms with Gasteiger partial charge in [-0.3, -0.25) is 0 Å². The molecule has 0 fully saturated rings. The van der Waals surface area contributed by atoms with E-state index in [1.807, 2.05) is 12.4 Å². The smallest absolute Gasteiger partial charge is 0.139 e. The molecule has 1 aliphatic heterocycles. The van der Waals surface area contributed by atoms with Crippen molar-refractivity contribution >= 4 is 5.69 Å². The third-order valence-electron chi connectivity index (χ3n) is 3.13. The average Bonchev–Trinajstić information content (AvgIpc) is 2.96. The van der Waals surface area contributed by atoms with Gasteiger partial charge >= 0.3 is 0 Å². The van der Waals surface area contributed by atoms with E-state index in [-0.39, 0.29) is 0 Å². The molecule has 0 atom stereocenters. The Balaban J connectivity index is 2.07. The monoisotopic (exact) mass is 213 g/mol. The van der Waals surface area contributed by atoms with Crippen LogP contribution in [0.3, 0.4) is 0 Å². The molecule has 1 aromatic carbocycles. The molecule has 3 nitrogen and oxygen atoms in total. The number of fused-ring (bicyclic) bond motifs is 1. The van der Waals surface area contributed by atoms with Crippen LogP contribution in [0.1, 0.15) is 12.5 Å². The van der Waals surface area contributed by atoms with Crippen molar-refractivity contribution in [2.45, 2.75) is 19.9 Å². The van der Waals surface area contributed by atoms with Crippen LogP contribution in [0.5, 0.6) is 0 Å². The summed E-state index contributed by atoms with van der Waals surface area (Å²) in [6, 6.07) is 6.56. The lowest BCUT2D eigenvalue weighted by Gasteiger charge is -2.06. The van der Waals surface area contributed by atoms with Gasteiger partial charge in [-0.25, -0.2) is 4.98 Å². The second-order valence-electron chi connectivity index (χ2n) is 4.09. The minimum atomic E-state index is 0.963. The minimum absolute atomic E-state index is 0.963. The molecule has 1 N–H and O–H groups in total. The largest absolute Gasteiger partial charge is 0.384 e. The molecule has 0 saturated heterocycles. The molecular weight excluding hydrogens is 198 g/mol. The quantitative estimate of drug-likeness (QED) is 0.830. The Kier molecular flexibility index (Phi) is 2.17. The van der Waals surface area contributed by atoms with Crippen LogP contribution < -0.4 is 5.32 Å². The number of hydrogen-bond donors (Lipinski definition) is 1. The molecule has 2 heterocycles. The van der Waals surface area contributed by atoms with E-state index >= 15 is 0 Å². The number of imidazole rings is 1. The van der Waals surface area contributed by atoms with Gasteiger partial charge in [0.05, 0.1) is 0 Å². The molecule has 1 aromatic heterocycles. The van der Waals surface area contributed by atoms with Gasteiger partial charge in [0, 0.05) is 36.7 Å². The summed E-state index contributed by atoms with van der Waals surface area (Å²) in [4.78, 5) is 4.43. The summed E-state index contributed by atoms with van der Waals surface area (Å²) in [6.45, 7) is 4.16. The molecule has 3 heteroatoms. The zero-order chi connectivity index (χ0) is 11.0. The molecule has 3 rings (SSSR count). The van der Waals surface area contributed by atoms with Crippen molar-refractivity contribution in [1.29, 1.82) is 0 Å². The Labute approximate surface area is 95.1 Å². The Morgan fingerprint density at radius 2 is 2.38 bits per heavy atom. The van der Waals surface area contributed by atoms with Crippen molar-refractivity contribution in [1.82, 2.24) is 9.55 Å². The Hall–Kier alpha value is -1.77. The van der Waals surface area contributed by atoms with Gasteiger partial charge in [0.25, 0.3) is 0 Å². The number of anilines is 1. The van der Waals surface area contributed by atoms with Crippen LogP contribution in [0.4, 0.5) is 5.69 Å². The zero-order valence-corrected chi connectivity index (χ0v) is 9.40. The van der Waals surface area contributed by atoms with Gasteiger partial charge in [-0.1, -0.05) is 0 Å². The van der Waals surface area contributed by atoms with E-state index < -0.39 is 0 Å². The number of aryl methyl sites for hydroxylation is 1. The normalized spacial score (nSPS) is 13.6. The van der Waals surface area contributed by atoms with Crippen molar-refractivity contribution in [2.24, 2.45) is 0 Å². The van der Waals surface area contributed by atoms with E-state index in [0.717, 1.165) is 25.3 Å². The molecule has 16 heavy (non-hydrogen) atoms. The fraction of sp³-hybridized carbons (Fsp3) is 0.308. The second-order valence-corrected chi connectivity index (χ2v) is 4.09. The first-order valence-corrected chi connectivity index (χ1v) is 5.77. The Morgan fingerprint density at radius 1 is 1.44 bits per heavy atom. The second kappa shape index (κ2) is 3.67. The van der Waals surface area contributed by atoms with E-state index in [1.54, 1.807) is 0 Å². The molecule has 1 aliphatic rings. The number of nitrogens with zero attached hydrogens (tertiary/aromatic N) is 2. The fourth-order valence-corrected chi connectivity index (χ4v) is 2.27. The molecule has 0 unspecified atom stereocenters. The average molecular weight is 213 g/mol. The first-order valence-electron chi connectivity index (χ1n) is 5.77. The standard InChI is InChI=1S/C13H15N3/c1-2-16-8-7-15-13(16)11-3-4-12-10(9-11)5-6-14-12/h3-4,7-9,14H,2,5-6H2,1H3. The van der Waals surface area contributed by atoms with E-state index in [2.05, 4.69) is 40.0 Å². The molecule has 2 aromatic rings. The van der Waals surface area contributed by atoms with Crippen LogP contribution in [0, 0.1) is 0 Å². The van der Waals surface area contributed by atoms with E-state index in [4.69, 9.17) is 0 Å². The molecule has 0 radical (unpaired) electrons. The van der Waals surface area contributed by atoms with Crippen molar-refractivity contribution in [3.05, 3.63) is 36.2 Å². The number of aromatic nitrogens is 2. The van der Waals surface area contributed by atoms with E-state index in [1.165, 1.54) is 16.8 Å². The van der Waals surface area contributed by atoms with Gasteiger partial charge < -0.3 is 9.88 Å². The van der Waals surface area contributed by atoms with Gasteiger partial charge in [-0.2, -0.15) is 0 Å². The number of hydrogen-bond acceptors (Lipinski definition) is 2. The first-order chi connectivity index (χ1) is 7.88. The van der Waals surface area contributed by atoms with Crippen molar-refractivity contribution in [3.8, 4) is 11.4 Å². The highest BCUT2D eigenvalue weighted by Crippen LogP contribution is 2.27. The molecule has 0 spiro atoms. The fourth-order valence-electron chi connectivity index (χ4n) is 2.27. The molecule has 0 aliphatic carbocycles. The maximum Gasteiger partial charge on any atom is 0.139 e. The van der Waals surface area contributed by atoms with Crippen LogP contribution in [-0.4, -0.2) is 16.1 Å². The summed E-state index contributed by atoms with van der Waals surface area (Å²) in [5.74, 6) is 1.07. The third kappa shape index (κ3) is 1.40. The maximum absolute atomic E-state index is 4.43. The Bertz CT molecular complexity index is 514.